The van der Waals surface area contributed by atoms with E-state index in [-0.39, 0.29) is 0 Å². The van der Waals surface area contributed by atoms with E-state index in [2.05, 4.69) is 0 Å². The smallest absolute Gasteiger partial charge is 0.228 e. The summed E-state index contributed by atoms with van der Waals surface area (Å²) in [6.45, 7) is 0. The Morgan fingerprint density at radius 1 is 0.290 bits per heavy atom. The Kier molecular flexibility index (Phi) is 4.35. The van der Waals surface area contributed by atoms with Crippen molar-refractivity contribution in [1.29, 1.82) is 0 Å². The molecule has 0 aliphatic heterocycles. The van der Waals surface area contributed by atoms with Gasteiger partial charge < -0.3 is 0 Å². The summed E-state index contributed by atoms with van der Waals surface area (Å²) in [7, 11) is 0. The zero-order chi connectivity index (χ0) is 25.5. The third-order valence-corrected chi connectivity index (χ3v) is 5.04. The van der Waals surface area contributed by atoms with E-state index in [4.69, 9.17) is 0 Å². The van der Waals surface area contributed by atoms with Crippen molar-refractivity contribution in [3.8, 4) is 0 Å². The molecule has 2 fully saturated rings. The molecule has 31 heavy (non-hydrogen) atoms. The van der Waals surface area contributed by atoms with Crippen LogP contribution in [-0.4, -0.2) is 64.6 Å². The summed E-state index contributed by atoms with van der Waals surface area (Å²) in [6, 6.07) is 0. The highest BCUT2D eigenvalue weighted by Crippen LogP contribution is 2.82. The van der Waals surface area contributed by atoms with Crippen LogP contribution in [-0.2, 0) is 0 Å². The Morgan fingerprint density at radius 2 is 0.516 bits per heavy atom. The zero-order valence-corrected chi connectivity index (χ0v) is 13.1. The van der Waals surface area contributed by atoms with Gasteiger partial charge in [0.15, 0.2) is 0 Å². The quantitative estimate of drug-likeness (QED) is 0.342. The van der Waals surface area contributed by atoms with Crippen molar-refractivity contribution in [2.45, 2.75) is 64.6 Å². The second-order valence-electron chi connectivity index (χ2n) is 6.49. The van der Waals surface area contributed by atoms with Crippen LogP contribution in [0.1, 0.15) is 0 Å². The first-order valence-electron chi connectivity index (χ1n) is 6.78. The second-order valence-corrected chi connectivity index (χ2v) is 6.49. The molecule has 2 rings (SSSR count). The predicted molar refractivity (Wildman–Crippen MR) is 52.2 cm³/mol. The van der Waals surface area contributed by atoms with Crippen molar-refractivity contribution < 1.29 is 87.8 Å². The molecule has 2 aliphatic rings. The molecular formula is C11F20. The van der Waals surface area contributed by atoms with Gasteiger partial charge in [-0.2, -0.15) is 74.6 Å². The van der Waals surface area contributed by atoms with Crippen LogP contribution in [0.15, 0.2) is 0 Å². The van der Waals surface area contributed by atoms with E-state index in [9.17, 15) is 87.8 Å². The van der Waals surface area contributed by atoms with Crippen LogP contribution in [0.3, 0.4) is 0 Å². The number of hydrogen-bond donors (Lipinski definition) is 0. The molecule has 0 radical (unpaired) electrons. The Hall–Kier alpha value is -1.40. The maximum atomic E-state index is 14.6. The first-order valence-corrected chi connectivity index (χ1v) is 6.78. The molecular weight excluding hydrogens is 512 g/mol. The molecule has 0 spiro atoms. The first kappa shape index (κ1) is 25.9. The standard InChI is InChI=1S/C11F20/c12-1-2(13,6(19,20)10(27,28)9(25,26)4(1,15)16)5(17,18)8(23,24)7(21,22)3(1,14)11(29,30)31/t1-,2-,3?/m0/s1. The van der Waals surface area contributed by atoms with E-state index < -0.39 is 64.6 Å². The molecule has 2 saturated carbocycles. The van der Waals surface area contributed by atoms with Gasteiger partial charge in [0.2, 0.25) is 0 Å². The lowest BCUT2D eigenvalue weighted by molar-refractivity contribution is -0.564. The lowest BCUT2D eigenvalue weighted by Gasteiger charge is -2.65. The van der Waals surface area contributed by atoms with Crippen molar-refractivity contribution in [2.24, 2.45) is 0 Å². The number of halogens is 20. The summed E-state index contributed by atoms with van der Waals surface area (Å²) in [5.41, 5.74) is -27.2. The van der Waals surface area contributed by atoms with E-state index in [0.29, 0.717) is 0 Å². The molecule has 184 valence electrons. The first-order chi connectivity index (χ1) is 13.0. The number of alkyl halides is 20. The van der Waals surface area contributed by atoms with Crippen LogP contribution in [0.25, 0.3) is 0 Å². The van der Waals surface area contributed by atoms with E-state index in [0.717, 1.165) is 0 Å². The molecule has 0 bridgehead atoms. The normalized spacial score (nSPS) is 43.7. The minimum Gasteiger partial charge on any atom is -0.228 e. The van der Waals surface area contributed by atoms with E-state index >= 15 is 0 Å². The number of fused-ring (bicyclic) bond motifs is 1. The van der Waals surface area contributed by atoms with Gasteiger partial charge in [-0.3, -0.25) is 0 Å². The lowest BCUT2D eigenvalue weighted by Crippen LogP contribution is -3.00. The number of rotatable bonds is 0. The van der Waals surface area contributed by atoms with Crippen molar-refractivity contribution in [1.82, 2.24) is 0 Å². The van der Waals surface area contributed by atoms with Crippen LogP contribution in [0.4, 0.5) is 87.8 Å². The molecule has 0 aromatic rings. The largest absolute Gasteiger partial charge is 0.432 e. The summed E-state index contributed by atoms with van der Waals surface area (Å²) in [5.74, 6) is -60.7. The molecule has 1 unspecified atom stereocenters. The van der Waals surface area contributed by atoms with Crippen LogP contribution in [0.5, 0.6) is 0 Å². The SMILES string of the molecule is FC(F)(F)C1(F)C(F)(F)C(F)(F)C(F)(F)[C@]2(F)C(F)(F)C(F)(F)C(F)(F)C(F)(F)[C@@]12F. The van der Waals surface area contributed by atoms with Gasteiger partial charge in [0.1, 0.15) is 0 Å². The van der Waals surface area contributed by atoms with Gasteiger partial charge in [0, 0.05) is 0 Å². The van der Waals surface area contributed by atoms with Crippen LogP contribution in [0, 0.1) is 0 Å². The highest BCUT2D eigenvalue weighted by atomic mass is 19.4. The predicted octanol–water partition coefficient (Wildman–Crippen LogP) is 6.15. The molecule has 2 aliphatic carbocycles. The number of hydrogen-bond acceptors (Lipinski definition) is 0. The van der Waals surface area contributed by atoms with Gasteiger partial charge >= 0.3 is 53.3 Å². The molecule has 0 N–H and O–H groups in total. The van der Waals surface area contributed by atoms with Gasteiger partial charge in [-0.15, -0.1) is 0 Å². The van der Waals surface area contributed by atoms with Crippen LogP contribution < -0.4 is 0 Å². The monoisotopic (exact) mass is 512 g/mol. The highest BCUT2D eigenvalue weighted by molar-refractivity contribution is 5.45. The molecule has 3 atom stereocenters. The third-order valence-electron chi connectivity index (χ3n) is 5.04. The summed E-state index contributed by atoms with van der Waals surface area (Å²) in [5, 5.41) is 0. The molecule has 20 heteroatoms. The Morgan fingerprint density at radius 3 is 0.774 bits per heavy atom. The average molecular weight is 512 g/mol. The Labute approximate surface area is 154 Å². The average Bonchev–Trinajstić information content (AvgIpc) is 2.54. The maximum Gasteiger partial charge on any atom is 0.432 e. The van der Waals surface area contributed by atoms with Crippen LogP contribution in [0.2, 0.25) is 0 Å². The van der Waals surface area contributed by atoms with Gasteiger partial charge in [-0.1, -0.05) is 0 Å². The second kappa shape index (κ2) is 5.22. The van der Waals surface area contributed by atoms with Crippen molar-refractivity contribution in [3.05, 3.63) is 0 Å². The van der Waals surface area contributed by atoms with Gasteiger partial charge in [-0.25, -0.2) is 13.2 Å². The van der Waals surface area contributed by atoms with Crippen LogP contribution >= 0.6 is 0 Å². The molecule has 0 amide bonds. The van der Waals surface area contributed by atoms with Crippen molar-refractivity contribution >= 4 is 0 Å². The van der Waals surface area contributed by atoms with Gasteiger partial charge in [0.05, 0.1) is 0 Å². The topological polar surface area (TPSA) is 0 Å². The molecule has 0 aromatic heterocycles. The summed E-state index contributed by atoms with van der Waals surface area (Å²) in [6.07, 6.45) is -8.58. The van der Waals surface area contributed by atoms with Crippen molar-refractivity contribution in [2.75, 3.05) is 0 Å². The van der Waals surface area contributed by atoms with E-state index in [1.165, 1.54) is 0 Å². The Balaban J connectivity index is 3.37. The summed E-state index contributed by atoms with van der Waals surface area (Å²) in [4.78, 5) is 0. The van der Waals surface area contributed by atoms with E-state index in [1.54, 1.807) is 0 Å². The Bertz CT molecular complexity index is 779. The fourth-order valence-corrected chi connectivity index (χ4v) is 3.35. The zero-order valence-electron chi connectivity index (χ0n) is 13.1. The molecule has 0 nitrogen and oxygen atoms in total. The summed E-state index contributed by atoms with van der Waals surface area (Å²) >= 11 is 0. The fraction of sp³-hybridized carbons (Fsp3) is 1.00. The van der Waals surface area contributed by atoms with Gasteiger partial charge in [0.25, 0.3) is 11.3 Å². The molecule has 0 aromatic carbocycles. The van der Waals surface area contributed by atoms with Gasteiger partial charge in [-0.05, 0) is 0 Å². The third kappa shape index (κ3) is 1.78. The maximum absolute atomic E-state index is 14.6. The minimum atomic E-state index is -9.16. The molecule has 0 heterocycles. The van der Waals surface area contributed by atoms with Crippen molar-refractivity contribution in [3.63, 3.8) is 0 Å². The van der Waals surface area contributed by atoms with E-state index in [1.807, 2.05) is 0 Å². The summed E-state index contributed by atoms with van der Waals surface area (Å²) < 4.78 is 270. The minimum absolute atomic E-state index is 8.45. The molecule has 0 saturated heterocycles. The highest BCUT2D eigenvalue weighted by Gasteiger charge is 3.16. The lowest BCUT2D eigenvalue weighted by atomic mass is 9.50. The fourth-order valence-electron chi connectivity index (χ4n) is 3.35.